The predicted molar refractivity (Wildman–Crippen MR) is 84.9 cm³/mol. The van der Waals surface area contributed by atoms with E-state index >= 15 is 0 Å². The Balaban J connectivity index is 1.80. The topological polar surface area (TPSA) is 110 Å². The van der Waals surface area contributed by atoms with E-state index in [0.717, 1.165) is 0 Å². The second-order valence-corrected chi connectivity index (χ2v) is 4.71. The second kappa shape index (κ2) is 5.99. The average molecular weight is 304 g/mol. The Hall–Kier alpha value is -3.66. The first-order valence-electron chi connectivity index (χ1n) is 6.74. The maximum atomic E-state index is 12.2. The van der Waals surface area contributed by atoms with Gasteiger partial charge in [0.05, 0.1) is 23.8 Å². The maximum Gasteiger partial charge on any atom is 0.255 e. The van der Waals surface area contributed by atoms with Gasteiger partial charge in [-0.15, -0.1) is 0 Å². The molecule has 2 aromatic heterocycles. The highest BCUT2D eigenvalue weighted by Crippen LogP contribution is 2.17. The molecule has 0 aliphatic rings. The Morgan fingerprint density at radius 1 is 1.22 bits per heavy atom. The number of benzene rings is 1. The summed E-state index contributed by atoms with van der Waals surface area (Å²) in [5.74, 6) is 0.0239. The Morgan fingerprint density at radius 3 is 2.61 bits per heavy atom. The summed E-state index contributed by atoms with van der Waals surface area (Å²) < 4.78 is 1.45. The van der Waals surface area contributed by atoms with Crippen LogP contribution in [0, 0.1) is 11.3 Å². The largest absolute Gasteiger partial charge is 0.382 e. The molecular weight excluding hydrogens is 292 g/mol. The summed E-state index contributed by atoms with van der Waals surface area (Å²) in [6.07, 6.45) is 4.60. The highest BCUT2D eigenvalue weighted by molar-refractivity contribution is 6.04. The molecule has 0 unspecified atom stereocenters. The van der Waals surface area contributed by atoms with Crippen LogP contribution in [-0.2, 0) is 0 Å². The molecule has 1 aromatic carbocycles. The molecule has 0 aliphatic carbocycles. The van der Waals surface area contributed by atoms with Crippen molar-refractivity contribution in [1.29, 1.82) is 5.26 Å². The fourth-order valence-corrected chi connectivity index (χ4v) is 2.04. The van der Waals surface area contributed by atoms with Crippen LogP contribution in [0.15, 0.2) is 55.0 Å². The number of pyridine rings is 1. The zero-order valence-electron chi connectivity index (χ0n) is 12.0. The van der Waals surface area contributed by atoms with Gasteiger partial charge in [0.2, 0.25) is 0 Å². The lowest BCUT2D eigenvalue weighted by Crippen LogP contribution is -2.12. The Labute approximate surface area is 132 Å². The lowest BCUT2D eigenvalue weighted by molar-refractivity contribution is 0.102. The molecule has 3 aromatic rings. The Bertz CT molecular complexity index is 877. The number of aromatic nitrogens is 3. The van der Waals surface area contributed by atoms with E-state index in [1.54, 1.807) is 48.8 Å². The molecule has 0 aliphatic heterocycles. The van der Waals surface area contributed by atoms with Crippen molar-refractivity contribution in [3.63, 3.8) is 0 Å². The van der Waals surface area contributed by atoms with Gasteiger partial charge in [0, 0.05) is 11.8 Å². The van der Waals surface area contributed by atoms with Gasteiger partial charge in [0.15, 0.2) is 0 Å². The Morgan fingerprint density at radius 2 is 2.00 bits per heavy atom. The number of nitrogens with two attached hydrogens (primary N) is 1. The van der Waals surface area contributed by atoms with Crippen LogP contribution in [0.1, 0.15) is 15.9 Å². The van der Waals surface area contributed by atoms with E-state index < -0.39 is 0 Å². The van der Waals surface area contributed by atoms with Crippen molar-refractivity contribution in [2.45, 2.75) is 0 Å². The molecular formula is C16H12N6O. The molecule has 1 amide bonds. The van der Waals surface area contributed by atoms with E-state index in [9.17, 15) is 4.79 Å². The first kappa shape index (κ1) is 14.3. The number of rotatable bonds is 3. The average Bonchev–Trinajstić information content (AvgIpc) is 2.96. The van der Waals surface area contributed by atoms with E-state index in [1.807, 2.05) is 6.07 Å². The van der Waals surface area contributed by atoms with Gasteiger partial charge in [-0.3, -0.25) is 9.78 Å². The van der Waals surface area contributed by atoms with Crippen molar-refractivity contribution >= 4 is 17.4 Å². The number of carbonyl (C=O) groups excluding carboxylic acids is 1. The normalized spacial score (nSPS) is 10.0. The van der Waals surface area contributed by atoms with Gasteiger partial charge in [-0.05, 0) is 36.4 Å². The maximum absolute atomic E-state index is 12.2. The van der Waals surface area contributed by atoms with Gasteiger partial charge >= 0.3 is 0 Å². The number of hydrogen-bond donors (Lipinski definition) is 2. The third-order valence-electron chi connectivity index (χ3n) is 3.22. The van der Waals surface area contributed by atoms with Crippen molar-refractivity contribution in [3.8, 4) is 11.8 Å². The molecule has 7 nitrogen and oxygen atoms in total. The summed E-state index contributed by atoms with van der Waals surface area (Å²) in [5.41, 5.74) is 7.93. The van der Waals surface area contributed by atoms with E-state index in [1.165, 1.54) is 10.9 Å². The number of hydrogen-bond acceptors (Lipinski definition) is 5. The van der Waals surface area contributed by atoms with Gasteiger partial charge in [0.1, 0.15) is 17.5 Å². The standard InChI is InChI=1S/C16H12N6O/c17-8-12-9-20-22(15(12)18)14-5-3-11(4-6-14)16(23)21-13-2-1-7-19-10-13/h1-7,9-10H,18H2,(H,21,23). The monoisotopic (exact) mass is 304 g/mol. The number of nitrogens with one attached hydrogen (secondary N) is 1. The van der Waals surface area contributed by atoms with Crippen molar-refractivity contribution in [2.75, 3.05) is 11.1 Å². The van der Waals surface area contributed by atoms with Gasteiger partial charge < -0.3 is 11.1 Å². The van der Waals surface area contributed by atoms with Crippen molar-refractivity contribution in [3.05, 3.63) is 66.1 Å². The fraction of sp³-hybridized carbons (Fsp3) is 0. The van der Waals surface area contributed by atoms with Crippen LogP contribution < -0.4 is 11.1 Å². The van der Waals surface area contributed by atoms with Crippen LogP contribution in [-0.4, -0.2) is 20.7 Å². The summed E-state index contributed by atoms with van der Waals surface area (Å²) in [5, 5.41) is 15.7. The first-order chi connectivity index (χ1) is 11.2. The first-order valence-corrected chi connectivity index (χ1v) is 6.74. The molecule has 0 radical (unpaired) electrons. The van der Waals surface area contributed by atoms with Crippen LogP contribution in [0.2, 0.25) is 0 Å². The molecule has 0 atom stereocenters. The molecule has 3 N–H and O–H groups in total. The molecule has 0 saturated heterocycles. The summed E-state index contributed by atoms with van der Waals surface area (Å²) in [6.45, 7) is 0. The third kappa shape index (κ3) is 2.87. The highest BCUT2D eigenvalue weighted by atomic mass is 16.1. The predicted octanol–water partition coefficient (Wildman–Crippen LogP) is 1.97. The van der Waals surface area contributed by atoms with Crippen LogP contribution in [0.4, 0.5) is 11.5 Å². The Kier molecular flexibility index (Phi) is 3.72. The molecule has 3 rings (SSSR count). The molecule has 0 saturated carbocycles. The van der Waals surface area contributed by atoms with Gasteiger partial charge in [-0.25, -0.2) is 4.68 Å². The molecule has 2 heterocycles. The number of carbonyl (C=O) groups is 1. The molecule has 0 fully saturated rings. The van der Waals surface area contributed by atoms with E-state index in [-0.39, 0.29) is 11.7 Å². The van der Waals surface area contributed by atoms with Crippen LogP contribution in [0.25, 0.3) is 5.69 Å². The molecule has 7 heteroatoms. The highest BCUT2D eigenvalue weighted by Gasteiger charge is 2.10. The summed E-state index contributed by atoms with van der Waals surface area (Å²) in [7, 11) is 0. The van der Waals surface area contributed by atoms with E-state index in [0.29, 0.717) is 22.5 Å². The van der Waals surface area contributed by atoms with E-state index in [4.69, 9.17) is 11.0 Å². The summed E-state index contributed by atoms with van der Waals surface area (Å²) in [6, 6.07) is 12.2. The number of anilines is 2. The zero-order valence-corrected chi connectivity index (χ0v) is 12.0. The smallest absolute Gasteiger partial charge is 0.255 e. The lowest BCUT2D eigenvalue weighted by Gasteiger charge is -2.07. The molecule has 112 valence electrons. The number of nitriles is 1. The molecule has 0 bridgehead atoms. The van der Waals surface area contributed by atoms with Crippen LogP contribution in [0.3, 0.4) is 0 Å². The minimum atomic E-state index is -0.240. The van der Waals surface area contributed by atoms with Gasteiger partial charge in [-0.2, -0.15) is 10.4 Å². The second-order valence-electron chi connectivity index (χ2n) is 4.71. The quantitative estimate of drug-likeness (QED) is 0.768. The SMILES string of the molecule is N#Cc1cnn(-c2ccc(C(=O)Nc3cccnc3)cc2)c1N. The van der Waals surface area contributed by atoms with Crippen molar-refractivity contribution < 1.29 is 4.79 Å². The van der Waals surface area contributed by atoms with Crippen LogP contribution >= 0.6 is 0 Å². The minimum absolute atomic E-state index is 0.240. The van der Waals surface area contributed by atoms with Crippen molar-refractivity contribution in [2.24, 2.45) is 0 Å². The lowest BCUT2D eigenvalue weighted by atomic mass is 10.2. The third-order valence-corrected chi connectivity index (χ3v) is 3.22. The van der Waals surface area contributed by atoms with Crippen molar-refractivity contribution in [1.82, 2.24) is 14.8 Å². The number of nitrogens with zero attached hydrogens (tertiary/aromatic N) is 4. The van der Waals surface area contributed by atoms with Gasteiger partial charge in [-0.1, -0.05) is 0 Å². The summed E-state index contributed by atoms with van der Waals surface area (Å²) in [4.78, 5) is 16.1. The minimum Gasteiger partial charge on any atom is -0.382 e. The number of nitrogen functional groups attached to an aromatic ring is 1. The molecule has 0 spiro atoms. The molecule has 23 heavy (non-hydrogen) atoms. The number of amides is 1. The zero-order chi connectivity index (χ0) is 16.2. The van der Waals surface area contributed by atoms with Crippen LogP contribution in [0.5, 0.6) is 0 Å². The summed E-state index contributed by atoms with van der Waals surface area (Å²) >= 11 is 0. The fourth-order valence-electron chi connectivity index (χ4n) is 2.04. The van der Waals surface area contributed by atoms with E-state index in [2.05, 4.69) is 15.4 Å². The van der Waals surface area contributed by atoms with Gasteiger partial charge in [0.25, 0.3) is 5.91 Å².